The van der Waals surface area contributed by atoms with E-state index in [0.717, 1.165) is 109 Å². The fraction of sp³-hybridized carbons (Fsp3) is 0.358. The highest BCUT2D eigenvalue weighted by Crippen LogP contribution is 2.53. The van der Waals surface area contributed by atoms with Crippen molar-refractivity contribution in [2.45, 2.75) is 121 Å². The number of carbonyl (C=O) groups excluding carboxylic acids is 1. The number of likely N-dealkylation sites (tertiary alicyclic amines) is 1. The van der Waals surface area contributed by atoms with Gasteiger partial charge in [0.1, 0.15) is 6.10 Å². The summed E-state index contributed by atoms with van der Waals surface area (Å²) in [7, 11) is 0. The van der Waals surface area contributed by atoms with E-state index in [9.17, 15) is 19.8 Å². The molecule has 7 aromatic rings. The van der Waals surface area contributed by atoms with Crippen LogP contribution >= 0.6 is 23.4 Å². The number of ketones is 1. The van der Waals surface area contributed by atoms with Crippen LogP contribution in [0.3, 0.4) is 0 Å². The van der Waals surface area contributed by atoms with Gasteiger partial charge in [-0.2, -0.15) is 11.8 Å². The van der Waals surface area contributed by atoms with Gasteiger partial charge in [-0.1, -0.05) is 184 Å². The number of carboxylic acids is 1. The summed E-state index contributed by atoms with van der Waals surface area (Å²) in [6.07, 6.45) is 11.8. The van der Waals surface area contributed by atoms with Crippen molar-refractivity contribution < 1.29 is 24.5 Å². The molecule has 0 radical (unpaired) electrons. The molecular weight excluding hydrogens is 980 g/mol. The van der Waals surface area contributed by atoms with Crippen molar-refractivity contribution in [2.75, 3.05) is 25.4 Å². The maximum atomic E-state index is 12.7. The number of pyridine rings is 1. The third-order valence-corrected chi connectivity index (χ3v) is 16.8. The van der Waals surface area contributed by atoms with Crippen LogP contribution in [0.15, 0.2) is 164 Å². The number of carbonyl (C=O) groups is 2. The van der Waals surface area contributed by atoms with Crippen LogP contribution in [0.2, 0.25) is 5.02 Å². The van der Waals surface area contributed by atoms with Crippen molar-refractivity contribution in [3.63, 3.8) is 0 Å². The number of ether oxygens (including phenoxy) is 1. The number of fused-ring (bicyclic) bond motifs is 1. The van der Waals surface area contributed by atoms with Gasteiger partial charge >= 0.3 is 5.97 Å². The van der Waals surface area contributed by atoms with Gasteiger partial charge in [-0.25, -0.2) is 4.98 Å². The van der Waals surface area contributed by atoms with Crippen LogP contribution in [0.4, 0.5) is 0 Å². The van der Waals surface area contributed by atoms with E-state index >= 15 is 0 Å². The Kier molecular flexibility index (Phi) is 19.3. The van der Waals surface area contributed by atoms with Gasteiger partial charge in [0.25, 0.3) is 0 Å². The molecule has 396 valence electrons. The average Bonchev–Trinajstić information content (AvgIpc) is 4.18. The second kappa shape index (κ2) is 26.0. The van der Waals surface area contributed by atoms with Gasteiger partial charge in [0.2, 0.25) is 0 Å². The second-order valence-electron chi connectivity index (χ2n) is 22.4. The van der Waals surface area contributed by atoms with E-state index in [1.54, 1.807) is 0 Å². The van der Waals surface area contributed by atoms with Gasteiger partial charge in [0, 0.05) is 46.5 Å². The smallest absolute Gasteiger partial charge is 0.303 e. The Labute approximate surface area is 460 Å². The molecule has 1 aliphatic carbocycles. The van der Waals surface area contributed by atoms with E-state index in [0.29, 0.717) is 11.4 Å². The van der Waals surface area contributed by atoms with E-state index in [4.69, 9.17) is 21.3 Å². The van der Waals surface area contributed by atoms with Crippen LogP contribution in [0.5, 0.6) is 0 Å². The number of aliphatic carboxylic acids is 1. The minimum absolute atomic E-state index is 0.0313. The SMILES string of the molecule is CC(C)(C)c1ccc(C(=O)CCCN2CCC(OC(c3ccccc3)c3ccccc3)CC2)cc1.CC(C)(O)c1ccccc1CC[C@@H](SCC1(CC(=O)O)CC1)c1cccc(/C=C/c2ccc3ccc(Cl)cc3n2)c1. The predicted octanol–water partition coefficient (Wildman–Crippen LogP) is 16.2. The van der Waals surface area contributed by atoms with Gasteiger partial charge in [-0.05, 0) is 139 Å². The molecule has 0 bridgehead atoms. The quantitative estimate of drug-likeness (QED) is 0.0687. The fourth-order valence-electron chi connectivity index (χ4n) is 10.2. The molecular formula is C67H75ClN2O5S. The molecule has 6 aromatic carbocycles. The van der Waals surface area contributed by atoms with Crippen molar-refractivity contribution in [2.24, 2.45) is 5.41 Å². The molecule has 76 heavy (non-hydrogen) atoms. The fourth-order valence-corrected chi connectivity index (χ4v) is 11.9. The number of halogens is 1. The molecule has 2 heterocycles. The van der Waals surface area contributed by atoms with E-state index in [1.165, 1.54) is 22.3 Å². The number of aromatic nitrogens is 1. The van der Waals surface area contributed by atoms with Crippen molar-refractivity contribution in [1.29, 1.82) is 0 Å². The first-order chi connectivity index (χ1) is 36.5. The van der Waals surface area contributed by atoms with E-state index in [2.05, 4.69) is 141 Å². The summed E-state index contributed by atoms with van der Waals surface area (Å²) < 4.78 is 6.67. The van der Waals surface area contributed by atoms with Crippen LogP contribution in [0.25, 0.3) is 23.1 Å². The topological polar surface area (TPSA) is 100.0 Å². The lowest BCUT2D eigenvalue weighted by molar-refractivity contribution is -0.138. The molecule has 0 unspecified atom stereocenters. The monoisotopic (exact) mass is 1050 g/mol. The van der Waals surface area contributed by atoms with E-state index < -0.39 is 11.6 Å². The molecule has 1 atom stereocenters. The summed E-state index contributed by atoms with van der Waals surface area (Å²) in [4.78, 5) is 31.4. The van der Waals surface area contributed by atoms with Crippen LogP contribution in [-0.4, -0.2) is 63.3 Å². The van der Waals surface area contributed by atoms with Gasteiger partial charge in [0.15, 0.2) is 5.78 Å². The lowest BCUT2D eigenvalue weighted by Gasteiger charge is -2.34. The van der Waals surface area contributed by atoms with Gasteiger partial charge < -0.3 is 19.8 Å². The summed E-state index contributed by atoms with van der Waals surface area (Å²) in [6.45, 7) is 13.3. The molecule has 9 rings (SSSR count). The summed E-state index contributed by atoms with van der Waals surface area (Å²) in [5.41, 5.74) is 9.77. The predicted molar refractivity (Wildman–Crippen MR) is 315 cm³/mol. The minimum atomic E-state index is -0.911. The normalized spacial score (nSPS) is 15.4. The molecule has 1 aliphatic heterocycles. The molecule has 0 spiro atoms. The molecule has 2 N–H and O–H groups in total. The molecule has 0 amide bonds. The van der Waals surface area contributed by atoms with Crippen LogP contribution in [-0.2, 0) is 27.0 Å². The number of benzene rings is 6. The molecule has 1 saturated carbocycles. The number of rotatable bonds is 21. The van der Waals surface area contributed by atoms with E-state index in [-0.39, 0.29) is 40.5 Å². The number of aliphatic hydroxyl groups is 1. The zero-order chi connectivity index (χ0) is 53.7. The Balaban J connectivity index is 0.000000204. The lowest BCUT2D eigenvalue weighted by Crippen LogP contribution is -2.38. The number of Topliss-reactive ketones (excluding diaryl/α,β-unsaturated/α-hetero) is 1. The molecule has 2 fully saturated rings. The molecule has 9 heteroatoms. The zero-order valence-electron chi connectivity index (χ0n) is 45.0. The molecule has 7 nitrogen and oxygen atoms in total. The minimum Gasteiger partial charge on any atom is -0.481 e. The van der Waals surface area contributed by atoms with Crippen molar-refractivity contribution in [1.82, 2.24) is 9.88 Å². The number of hydrogen-bond donors (Lipinski definition) is 2. The summed E-state index contributed by atoms with van der Waals surface area (Å²) in [5, 5.41) is 22.1. The van der Waals surface area contributed by atoms with Gasteiger partial charge in [0.05, 0.1) is 29.3 Å². The number of thioether (sulfide) groups is 1. The Morgan fingerprint density at radius 1 is 0.776 bits per heavy atom. The number of hydrogen-bond acceptors (Lipinski definition) is 7. The third kappa shape index (κ3) is 16.3. The zero-order valence-corrected chi connectivity index (χ0v) is 46.5. The first kappa shape index (κ1) is 56.3. The molecule has 1 saturated heterocycles. The summed E-state index contributed by atoms with van der Waals surface area (Å²) in [5.74, 6) is 0.369. The number of carboxylic acid groups (broad SMARTS) is 1. The standard InChI is InChI=1S/C35H36ClNO3S.C32H39NO2/c1-34(2,40)30-9-4-3-7-25(30)13-17-32(41-23-35(18-19-35)22-33(38)39)27-8-5-6-24(20-27)10-15-29-16-12-26-11-14-28(36)21-31(26)37-29;1-32(2,3)28-18-16-25(17-19-28)30(34)15-10-22-33-23-20-29(21-24-33)35-31(26-11-6-4-7-12-26)27-13-8-5-9-14-27/h3-12,14-16,20-21,32,40H,13,17-19,22-23H2,1-2H3,(H,38,39);4-9,11-14,16-19,29,31H,10,15,20-24H2,1-3H3/b15-10+;/t32-;/m1./s1. The first-order valence-electron chi connectivity index (χ1n) is 27.1. The third-order valence-electron chi connectivity index (χ3n) is 14.8. The van der Waals surface area contributed by atoms with Gasteiger partial charge in [-0.15, -0.1) is 0 Å². The number of aryl methyl sites for hydroxylation is 1. The van der Waals surface area contributed by atoms with Gasteiger partial charge in [-0.3, -0.25) is 9.59 Å². The second-order valence-corrected chi connectivity index (χ2v) is 24.1. The number of nitrogens with zero attached hydrogens (tertiary/aromatic N) is 2. The van der Waals surface area contributed by atoms with Crippen LogP contribution < -0.4 is 0 Å². The molecule has 2 aliphatic rings. The van der Waals surface area contributed by atoms with Crippen molar-refractivity contribution in [3.8, 4) is 0 Å². The Morgan fingerprint density at radius 3 is 2.07 bits per heavy atom. The average molecular weight is 1060 g/mol. The highest BCUT2D eigenvalue weighted by atomic mass is 35.5. The maximum Gasteiger partial charge on any atom is 0.303 e. The molecule has 1 aromatic heterocycles. The summed E-state index contributed by atoms with van der Waals surface area (Å²) >= 11 is 8.04. The van der Waals surface area contributed by atoms with Crippen LogP contribution in [0, 0.1) is 5.41 Å². The van der Waals surface area contributed by atoms with E-state index in [1.807, 2.05) is 86.3 Å². The Bertz CT molecular complexity index is 2990. The van der Waals surface area contributed by atoms with Crippen molar-refractivity contribution >= 4 is 58.2 Å². The highest BCUT2D eigenvalue weighted by molar-refractivity contribution is 7.99. The summed E-state index contributed by atoms with van der Waals surface area (Å²) in [6, 6.07) is 55.7. The number of piperidine rings is 1. The van der Waals surface area contributed by atoms with Crippen LogP contribution in [0.1, 0.15) is 152 Å². The first-order valence-corrected chi connectivity index (χ1v) is 28.5. The Hall–Kier alpha value is -5.87. The van der Waals surface area contributed by atoms with Crippen molar-refractivity contribution in [3.05, 3.63) is 219 Å². The maximum absolute atomic E-state index is 12.7. The Morgan fingerprint density at radius 2 is 1.42 bits per heavy atom. The largest absolute Gasteiger partial charge is 0.481 e. The highest BCUT2D eigenvalue weighted by Gasteiger charge is 2.44. The lowest BCUT2D eigenvalue weighted by atomic mass is 9.86.